The van der Waals surface area contributed by atoms with Gasteiger partial charge in [0, 0.05) is 5.33 Å². The number of halogens is 1. The molecule has 1 aromatic carbocycles. The fraction of sp³-hybridized carbons (Fsp3) is 0.300. The molecule has 0 aliphatic heterocycles. The van der Waals surface area contributed by atoms with Crippen LogP contribution in [0.3, 0.4) is 0 Å². The number of nitrogens with two attached hydrogens (primary N) is 1. The Morgan fingerprint density at radius 1 is 1.36 bits per heavy atom. The van der Waals surface area contributed by atoms with Crippen LogP contribution >= 0.6 is 15.9 Å². The topological polar surface area (TPSA) is 52.3 Å². The van der Waals surface area contributed by atoms with Crippen molar-refractivity contribution in [3.05, 3.63) is 29.8 Å². The van der Waals surface area contributed by atoms with Crippen LogP contribution in [0.1, 0.15) is 5.56 Å². The average Bonchev–Trinajstić information content (AvgIpc) is 2.16. The maximum absolute atomic E-state index is 10.6. The van der Waals surface area contributed by atoms with Gasteiger partial charge in [-0.1, -0.05) is 28.1 Å². The van der Waals surface area contributed by atoms with Crippen LogP contribution in [0.2, 0.25) is 0 Å². The second-order valence-electron chi connectivity index (χ2n) is 2.82. The van der Waals surface area contributed by atoms with Crippen LogP contribution in [-0.4, -0.2) is 17.8 Å². The summed E-state index contributed by atoms with van der Waals surface area (Å²) >= 11 is 3.27. The molecule has 0 fully saturated rings. The Labute approximate surface area is 91.4 Å². The van der Waals surface area contributed by atoms with E-state index in [-0.39, 0.29) is 12.3 Å². The summed E-state index contributed by atoms with van der Waals surface area (Å²) in [6.07, 6.45) is 0.277. The third-order valence-electron chi connectivity index (χ3n) is 1.65. The van der Waals surface area contributed by atoms with Crippen molar-refractivity contribution >= 4 is 21.8 Å². The molecule has 2 N–H and O–H groups in total. The van der Waals surface area contributed by atoms with Gasteiger partial charge in [-0.15, -0.1) is 0 Å². The highest BCUT2D eigenvalue weighted by atomic mass is 79.9. The number of amides is 1. The predicted molar refractivity (Wildman–Crippen MR) is 58.6 cm³/mol. The van der Waals surface area contributed by atoms with Gasteiger partial charge in [-0.3, -0.25) is 4.79 Å². The lowest BCUT2D eigenvalue weighted by atomic mass is 10.1. The van der Waals surface area contributed by atoms with Gasteiger partial charge in [-0.25, -0.2) is 0 Å². The van der Waals surface area contributed by atoms with E-state index in [1.54, 1.807) is 0 Å². The molecule has 3 nitrogen and oxygen atoms in total. The molecule has 0 unspecified atom stereocenters. The molecule has 14 heavy (non-hydrogen) atoms. The normalized spacial score (nSPS) is 9.79. The SMILES string of the molecule is NC(=O)Cc1ccc(OCCBr)cc1. The summed E-state index contributed by atoms with van der Waals surface area (Å²) in [6.45, 7) is 0.634. The molecule has 1 aromatic rings. The number of hydrogen-bond acceptors (Lipinski definition) is 2. The minimum atomic E-state index is -0.320. The molecular weight excluding hydrogens is 246 g/mol. The molecule has 0 aromatic heterocycles. The zero-order valence-electron chi connectivity index (χ0n) is 7.70. The molecule has 0 saturated heterocycles. The van der Waals surface area contributed by atoms with Gasteiger partial charge in [0.15, 0.2) is 0 Å². The lowest BCUT2D eigenvalue weighted by Gasteiger charge is -2.04. The van der Waals surface area contributed by atoms with Crippen molar-refractivity contribution in [2.24, 2.45) is 5.73 Å². The largest absolute Gasteiger partial charge is 0.493 e. The smallest absolute Gasteiger partial charge is 0.221 e. The van der Waals surface area contributed by atoms with E-state index in [9.17, 15) is 4.79 Å². The number of carbonyl (C=O) groups excluding carboxylic acids is 1. The van der Waals surface area contributed by atoms with Crippen molar-refractivity contribution in [3.63, 3.8) is 0 Å². The lowest BCUT2D eigenvalue weighted by molar-refractivity contribution is -0.117. The van der Waals surface area contributed by atoms with Crippen LogP contribution in [0.4, 0.5) is 0 Å². The van der Waals surface area contributed by atoms with Crippen molar-refractivity contribution in [1.29, 1.82) is 0 Å². The minimum absolute atomic E-state index is 0.277. The highest BCUT2D eigenvalue weighted by Crippen LogP contribution is 2.12. The van der Waals surface area contributed by atoms with Gasteiger partial charge >= 0.3 is 0 Å². The zero-order chi connectivity index (χ0) is 10.4. The summed E-state index contributed by atoms with van der Waals surface area (Å²) < 4.78 is 5.35. The van der Waals surface area contributed by atoms with E-state index in [2.05, 4.69) is 15.9 Å². The first-order valence-electron chi connectivity index (χ1n) is 4.28. The molecule has 1 amide bonds. The molecule has 0 aliphatic carbocycles. The summed E-state index contributed by atoms with van der Waals surface area (Å²) in [7, 11) is 0. The molecule has 0 radical (unpaired) electrons. The van der Waals surface area contributed by atoms with E-state index < -0.39 is 0 Å². The number of ether oxygens (including phenoxy) is 1. The average molecular weight is 258 g/mol. The van der Waals surface area contributed by atoms with Crippen LogP contribution in [0.15, 0.2) is 24.3 Å². The van der Waals surface area contributed by atoms with Gasteiger partial charge in [-0.05, 0) is 17.7 Å². The maximum atomic E-state index is 10.6. The molecule has 0 aliphatic rings. The van der Waals surface area contributed by atoms with Crippen LogP contribution in [-0.2, 0) is 11.2 Å². The quantitative estimate of drug-likeness (QED) is 0.813. The molecule has 0 saturated carbocycles. The second-order valence-corrected chi connectivity index (χ2v) is 3.62. The Hall–Kier alpha value is -1.03. The fourth-order valence-corrected chi connectivity index (χ4v) is 1.22. The Balaban J connectivity index is 2.54. The summed E-state index contributed by atoms with van der Waals surface area (Å²) in [5, 5.41) is 0.802. The standard InChI is InChI=1S/C10H12BrNO2/c11-5-6-14-9-3-1-8(2-4-9)7-10(12)13/h1-4H,5-7H2,(H2,12,13). The summed E-state index contributed by atoms with van der Waals surface area (Å²) in [5.74, 6) is 0.483. The molecule has 0 bridgehead atoms. The lowest BCUT2D eigenvalue weighted by Crippen LogP contribution is -2.13. The van der Waals surface area contributed by atoms with E-state index in [4.69, 9.17) is 10.5 Å². The number of carbonyl (C=O) groups is 1. The fourth-order valence-electron chi connectivity index (χ4n) is 1.06. The maximum Gasteiger partial charge on any atom is 0.221 e. The third kappa shape index (κ3) is 3.79. The number of benzene rings is 1. The van der Waals surface area contributed by atoms with Gasteiger partial charge in [0.2, 0.25) is 5.91 Å². The molecular formula is C10H12BrNO2. The Morgan fingerprint density at radius 3 is 2.50 bits per heavy atom. The summed E-state index contributed by atoms with van der Waals surface area (Å²) in [4.78, 5) is 10.6. The van der Waals surface area contributed by atoms with Crippen LogP contribution in [0.25, 0.3) is 0 Å². The highest BCUT2D eigenvalue weighted by molar-refractivity contribution is 9.09. The molecule has 0 atom stereocenters. The van der Waals surface area contributed by atoms with Crippen molar-refractivity contribution < 1.29 is 9.53 Å². The van der Waals surface area contributed by atoms with Crippen molar-refractivity contribution in [2.75, 3.05) is 11.9 Å². The first-order valence-corrected chi connectivity index (χ1v) is 5.40. The number of alkyl halides is 1. The summed E-state index contributed by atoms with van der Waals surface area (Å²) in [6, 6.07) is 7.35. The Morgan fingerprint density at radius 2 is 2.00 bits per heavy atom. The van der Waals surface area contributed by atoms with Crippen LogP contribution in [0, 0.1) is 0 Å². The van der Waals surface area contributed by atoms with Gasteiger partial charge in [0.25, 0.3) is 0 Å². The summed E-state index contributed by atoms with van der Waals surface area (Å²) in [5.41, 5.74) is 5.97. The third-order valence-corrected chi connectivity index (χ3v) is 1.97. The van der Waals surface area contributed by atoms with E-state index in [0.29, 0.717) is 6.61 Å². The highest BCUT2D eigenvalue weighted by Gasteiger charge is 1.98. The molecule has 1 rings (SSSR count). The molecule has 4 heteroatoms. The van der Waals surface area contributed by atoms with Gasteiger partial charge in [0.05, 0.1) is 13.0 Å². The first-order chi connectivity index (χ1) is 6.72. The Bertz CT molecular complexity index is 297. The first kappa shape index (κ1) is 11.0. The van der Waals surface area contributed by atoms with Gasteiger partial charge in [0.1, 0.15) is 5.75 Å². The van der Waals surface area contributed by atoms with E-state index in [1.807, 2.05) is 24.3 Å². The van der Waals surface area contributed by atoms with Crippen molar-refractivity contribution in [3.8, 4) is 5.75 Å². The zero-order valence-corrected chi connectivity index (χ0v) is 9.29. The van der Waals surface area contributed by atoms with Crippen molar-refractivity contribution in [1.82, 2.24) is 0 Å². The van der Waals surface area contributed by atoms with E-state index in [0.717, 1.165) is 16.6 Å². The molecule has 76 valence electrons. The van der Waals surface area contributed by atoms with Crippen LogP contribution < -0.4 is 10.5 Å². The van der Waals surface area contributed by atoms with E-state index >= 15 is 0 Å². The van der Waals surface area contributed by atoms with Crippen LogP contribution in [0.5, 0.6) is 5.75 Å². The Kier molecular flexibility index (Phi) is 4.46. The van der Waals surface area contributed by atoms with Crippen molar-refractivity contribution in [2.45, 2.75) is 6.42 Å². The predicted octanol–water partition coefficient (Wildman–Crippen LogP) is 1.49. The molecule has 0 heterocycles. The monoisotopic (exact) mass is 257 g/mol. The van der Waals surface area contributed by atoms with Gasteiger partial charge < -0.3 is 10.5 Å². The van der Waals surface area contributed by atoms with Gasteiger partial charge in [-0.2, -0.15) is 0 Å². The minimum Gasteiger partial charge on any atom is -0.493 e. The number of primary amides is 1. The second kappa shape index (κ2) is 5.65. The van der Waals surface area contributed by atoms with E-state index in [1.165, 1.54) is 0 Å². The number of rotatable bonds is 5. The number of hydrogen-bond donors (Lipinski definition) is 1. The molecule has 0 spiro atoms.